The van der Waals surface area contributed by atoms with E-state index in [2.05, 4.69) is 230 Å². The van der Waals surface area contributed by atoms with Crippen LogP contribution in [0, 0.1) is 0 Å². The number of imidazole rings is 4. The number of furan rings is 1. The van der Waals surface area contributed by atoms with Crippen molar-refractivity contribution < 1.29 is 4.42 Å². The summed E-state index contributed by atoms with van der Waals surface area (Å²) in [5.41, 5.74) is 11.3. The Morgan fingerprint density at radius 2 is 0.857 bits per heavy atom. The van der Waals surface area contributed by atoms with Crippen molar-refractivity contribution in [1.29, 1.82) is 0 Å². The van der Waals surface area contributed by atoms with E-state index >= 15 is 0 Å². The molecule has 0 N–H and O–H groups in total. The molecule has 0 aliphatic heterocycles. The molecule has 0 unspecified atom stereocenters. The van der Waals surface area contributed by atoms with Crippen LogP contribution >= 0.6 is 0 Å². The van der Waals surface area contributed by atoms with Gasteiger partial charge in [0.1, 0.15) is 17.0 Å². The second-order valence-corrected chi connectivity index (χ2v) is 21.7. The molecule has 0 atom stereocenters. The number of nitrogens with zero attached hydrogens (tertiary/aromatic N) is 8. The third-order valence-electron chi connectivity index (χ3n) is 14.2. The van der Waals surface area contributed by atoms with E-state index < -0.39 is 8.07 Å². The van der Waals surface area contributed by atoms with Gasteiger partial charge < -0.3 is 4.42 Å². The molecule has 0 aliphatic carbocycles. The van der Waals surface area contributed by atoms with E-state index in [0.29, 0.717) is 11.8 Å². The molecule has 0 saturated heterocycles. The Bertz CT molecular complexity index is 4360. The van der Waals surface area contributed by atoms with Gasteiger partial charge in [-0.15, -0.1) is 0 Å². The minimum absolute atomic E-state index is 0.498. The first kappa shape index (κ1) is 38.7. The zero-order valence-corrected chi connectivity index (χ0v) is 38.4. The predicted molar refractivity (Wildman–Crippen MR) is 285 cm³/mol. The first-order valence-electron chi connectivity index (χ1n) is 23.5. The topological polar surface area (TPSA) is 83.4 Å². The van der Waals surface area contributed by atoms with Gasteiger partial charge in [0.2, 0.25) is 17.5 Å². The minimum Gasteiger partial charge on any atom is -0.456 e. The molecule has 6 aromatic heterocycles. The van der Waals surface area contributed by atoms with Gasteiger partial charge in [0, 0.05) is 22.4 Å². The average Bonchev–Trinajstić information content (AvgIpc) is 4.23. The summed E-state index contributed by atoms with van der Waals surface area (Å²) in [5.74, 6) is 2.68. The second-order valence-electron chi connectivity index (χ2n) is 17.9. The zero-order chi connectivity index (χ0) is 45.9. The number of rotatable bonds is 7. The van der Waals surface area contributed by atoms with Crippen LogP contribution in [0.15, 0.2) is 235 Å². The van der Waals surface area contributed by atoms with Crippen LogP contribution < -0.4 is 20.7 Å². The Morgan fingerprint density at radius 3 is 1.53 bits per heavy atom. The van der Waals surface area contributed by atoms with Crippen LogP contribution in [0.1, 0.15) is 0 Å². The molecule has 0 aliphatic rings. The van der Waals surface area contributed by atoms with Crippen LogP contribution in [0.2, 0.25) is 0 Å². The fourth-order valence-electron chi connectivity index (χ4n) is 11.2. The van der Waals surface area contributed by atoms with Gasteiger partial charge >= 0.3 is 0 Å². The van der Waals surface area contributed by atoms with Crippen LogP contribution in [0.5, 0.6) is 0 Å². The van der Waals surface area contributed by atoms with Crippen LogP contribution in [0.25, 0.3) is 101 Å². The predicted octanol–water partition coefficient (Wildman–Crippen LogP) is 10.9. The molecule has 0 radical (unpaired) electrons. The highest BCUT2D eigenvalue weighted by Crippen LogP contribution is 2.34. The maximum atomic E-state index is 6.42. The molecule has 15 aromatic rings. The minimum atomic E-state index is -3.08. The summed E-state index contributed by atoms with van der Waals surface area (Å²) in [6, 6.07) is 81.9. The SMILES string of the molecule is c1ccc([Si](c2ccccc2)(c2cccc(-c3cc(-n4c5ccccc5n5c6ccccc6nc45)nc(-n4c5ccccc5n5c6ccccc6nc45)n3)c2)c2ccc3oc4ccccc4c3c2)cc1. The summed E-state index contributed by atoms with van der Waals surface area (Å²) in [7, 11) is -3.08. The standard InChI is InChI=1S/C60H38N8OSi/c1-3-19-40(20-4-1)70(41-21-5-2-6-22-41,43-34-35-56-45(37-43)44-24-7-16-33-55(44)69-56)42-23-17-18-39(36-42)48-38-57(67-53-31-14-12-29-51(53)65-49-27-10-8-25-46(49)62-59(65)67)64-58(61-48)68-54-32-15-13-30-52(54)66-50-28-11-9-26-47(50)63-60(66)68/h1-38H. The zero-order valence-electron chi connectivity index (χ0n) is 37.4. The highest BCUT2D eigenvalue weighted by atomic mass is 28.3. The summed E-state index contributed by atoms with van der Waals surface area (Å²) in [4.78, 5) is 21.7. The molecule has 15 rings (SSSR count). The van der Waals surface area contributed by atoms with Gasteiger partial charge in [0.25, 0.3) is 0 Å². The van der Waals surface area contributed by atoms with Gasteiger partial charge in [0.15, 0.2) is 8.07 Å². The van der Waals surface area contributed by atoms with E-state index in [1.807, 2.05) is 18.2 Å². The highest BCUT2D eigenvalue weighted by Gasteiger charge is 2.42. The lowest BCUT2D eigenvalue weighted by Crippen LogP contribution is -2.74. The Kier molecular flexibility index (Phi) is 8.19. The van der Waals surface area contributed by atoms with Crippen molar-refractivity contribution in [3.8, 4) is 23.0 Å². The van der Waals surface area contributed by atoms with Gasteiger partial charge in [-0.05, 0) is 81.4 Å². The third kappa shape index (κ3) is 5.47. The van der Waals surface area contributed by atoms with E-state index in [1.54, 1.807) is 0 Å². The van der Waals surface area contributed by atoms with E-state index in [1.165, 1.54) is 20.7 Å². The molecule has 70 heavy (non-hydrogen) atoms. The first-order chi connectivity index (χ1) is 34.7. The third-order valence-corrected chi connectivity index (χ3v) is 18.9. The molecule has 0 bridgehead atoms. The van der Waals surface area contributed by atoms with Crippen LogP contribution in [-0.4, -0.2) is 45.9 Å². The number of hydrogen-bond donors (Lipinski definition) is 0. The summed E-state index contributed by atoms with van der Waals surface area (Å²) in [5, 5.41) is 7.23. The van der Waals surface area contributed by atoms with E-state index in [0.717, 1.165) is 88.9 Å². The van der Waals surface area contributed by atoms with Crippen molar-refractivity contribution in [1.82, 2.24) is 37.9 Å². The normalized spacial score (nSPS) is 12.3. The van der Waals surface area contributed by atoms with Gasteiger partial charge in [-0.25, -0.2) is 19.5 Å². The Morgan fingerprint density at radius 1 is 0.343 bits per heavy atom. The molecule has 0 amide bonds. The maximum absolute atomic E-state index is 6.42. The summed E-state index contributed by atoms with van der Waals surface area (Å²) >= 11 is 0. The Labute approximate surface area is 400 Å². The summed E-state index contributed by atoms with van der Waals surface area (Å²) in [6.45, 7) is 0. The lowest BCUT2D eigenvalue weighted by atomic mass is 10.1. The maximum Gasteiger partial charge on any atom is 0.239 e. The molecule has 0 spiro atoms. The molecular weight excluding hydrogens is 877 g/mol. The molecule has 0 saturated carbocycles. The van der Waals surface area contributed by atoms with Crippen LogP contribution in [0.3, 0.4) is 0 Å². The summed E-state index contributed by atoms with van der Waals surface area (Å²) < 4.78 is 15.2. The number of fused-ring (bicyclic) bond motifs is 13. The molecule has 9 nitrogen and oxygen atoms in total. The van der Waals surface area contributed by atoms with Gasteiger partial charge in [-0.2, -0.15) is 4.98 Å². The first-order valence-corrected chi connectivity index (χ1v) is 25.5. The molecule has 6 heterocycles. The lowest BCUT2D eigenvalue weighted by molar-refractivity contribution is 0.669. The average molecular weight is 915 g/mol. The Hall–Kier alpha value is -9.38. The van der Waals surface area contributed by atoms with Crippen molar-refractivity contribution in [3.05, 3.63) is 231 Å². The quantitative estimate of drug-likeness (QED) is 0.117. The molecule has 9 aromatic carbocycles. The largest absolute Gasteiger partial charge is 0.456 e. The van der Waals surface area contributed by atoms with Crippen molar-refractivity contribution in [3.63, 3.8) is 0 Å². The van der Waals surface area contributed by atoms with Crippen molar-refractivity contribution in [2.75, 3.05) is 0 Å². The fourth-order valence-corrected chi connectivity index (χ4v) is 16.0. The van der Waals surface area contributed by atoms with Crippen molar-refractivity contribution in [2.24, 2.45) is 0 Å². The monoisotopic (exact) mass is 914 g/mol. The molecular formula is C60H38N8OSi. The van der Waals surface area contributed by atoms with Gasteiger partial charge in [-0.1, -0.05) is 164 Å². The van der Waals surface area contributed by atoms with Gasteiger partial charge in [-0.3, -0.25) is 13.4 Å². The fraction of sp³-hybridized carbons (Fsp3) is 0. The molecule has 0 fully saturated rings. The van der Waals surface area contributed by atoms with Crippen LogP contribution in [0.4, 0.5) is 0 Å². The number of para-hydroxylation sites is 9. The lowest BCUT2D eigenvalue weighted by Gasteiger charge is -2.34. The number of benzene rings is 9. The Balaban J connectivity index is 1.04. The van der Waals surface area contributed by atoms with E-state index in [4.69, 9.17) is 24.4 Å². The molecule has 328 valence electrons. The van der Waals surface area contributed by atoms with E-state index in [9.17, 15) is 0 Å². The highest BCUT2D eigenvalue weighted by molar-refractivity contribution is 7.20. The van der Waals surface area contributed by atoms with Crippen molar-refractivity contribution >= 4 is 106 Å². The van der Waals surface area contributed by atoms with Gasteiger partial charge in [0.05, 0.1) is 49.8 Å². The smallest absolute Gasteiger partial charge is 0.239 e. The number of aromatic nitrogens is 8. The van der Waals surface area contributed by atoms with Crippen LogP contribution in [-0.2, 0) is 0 Å². The van der Waals surface area contributed by atoms with E-state index in [-0.39, 0.29) is 0 Å². The van der Waals surface area contributed by atoms with Crippen molar-refractivity contribution in [2.45, 2.75) is 0 Å². The molecule has 10 heteroatoms. The summed E-state index contributed by atoms with van der Waals surface area (Å²) in [6.07, 6.45) is 0. The number of hydrogen-bond acceptors (Lipinski definition) is 5. The second kappa shape index (κ2) is 14.8.